The molecule has 0 spiro atoms. The molecule has 0 saturated carbocycles. The average molecular weight is 389 g/mol. The smallest absolute Gasteiger partial charge is 0.330 e. The number of pyridine rings is 1. The molecule has 3 aromatic rings. The number of nitrogens with zero attached hydrogens (tertiary/aromatic N) is 4. The van der Waals surface area contributed by atoms with Gasteiger partial charge in [0, 0.05) is 37.9 Å². The molecule has 9 heteroatoms. The van der Waals surface area contributed by atoms with Crippen LogP contribution >= 0.6 is 0 Å². The lowest BCUT2D eigenvalue weighted by molar-refractivity contribution is -0.137. The Balaban J connectivity index is 1.47. The normalized spacial score (nSPS) is 17.3. The van der Waals surface area contributed by atoms with E-state index < -0.39 is 17.8 Å². The molecule has 1 aliphatic rings. The third kappa shape index (κ3) is 3.39. The van der Waals surface area contributed by atoms with Crippen molar-refractivity contribution in [3.63, 3.8) is 0 Å². The Morgan fingerprint density at radius 2 is 2.11 bits per heavy atom. The van der Waals surface area contributed by atoms with Crippen LogP contribution in [0.3, 0.4) is 0 Å². The largest absolute Gasteiger partial charge is 0.416 e. The third-order valence-corrected chi connectivity index (χ3v) is 5.00. The van der Waals surface area contributed by atoms with Crippen molar-refractivity contribution in [1.82, 2.24) is 19.4 Å². The molecule has 0 radical (unpaired) electrons. The van der Waals surface area contributed by atoms with Crippen molar-refractivity contribution in [3.05, 3.63) is 54.1 Å². The lowest BCUT2D eigenvalue weighted by Crippen LogP contribution is -2.33. The van der Waals surface area contributed by atoms with Crippen molar-refractivity contribution in [3.8, 4) is 0 Å². The standard InChI is InChI=1S/C19H18F3N5O/c1-26-16-10-23-7-5-15(16)25-17(26)12-6-8-27(11-12)18(28)24-14-4-2-3-13(9-14)19(20,21)22/h2-5,7,9-10,12H,6,8,11H2,1H3,(H,24,28). The molecule has 1 saturated heterocycles. The van der Waals surface area contributed by atoms with Crippen LogP contribution in [0, 0.1) is 0 Å². The maximum absolute atomic E-state index is 12.8. The minimum absolute atomic E-state index is 0.0599. The van der Waals surface area contributed by atoms with E-state index in [2.05, 4.69) is 15.3 Å². The van der Waals surface area contributed by atoms with Crippen molar-refractivity contribution in [2.24, 2.45) is 7.05 Å². The molecule has 146 valence electrons. The van der Waals surface area contributed by atoms with Gasteiger partial charge in [-0.15, -0.1) is 0 Å². The highest BCUT2D eigenvalue weighted by molar-refractivity contribution is 5.89. The Kier molecular flexibility index (Phi) is 4.44. The van der Waals surface area contributed by atoms with Gasteiger partial charge in [0.1, 0.15) is 5.82 Å². The number of anilines is 1. The van der Waals surface area contributed by atoms with Gasteiger partial charge in [0.05, 0.1) is 22.8 Å². The Morgan fingerprint density at radius 1 is 1.29 bits per heavy atom. The van der Waals surface area contributed by atoms with Gasteiger partial charge in [0.2, 0.25) is 0 Å². The van der Waals surface area contributed by atoms with Gasteiger partial charge in [-0.2, -0.15) is 13.2 Å². The van der Waals surface area contributed by atoms with E-state index in [9.17, 15) is 18.0 Å². The molecule has 1 aromatic carbocycles. The summed E-state index contributed by atoms with van der Waals surface area (Å²) in [6, 6.07) is 6.05. The van der Waals surface area contributed by atoms with Gasteiger partial charge in [-0.05, 0) is 30.7 Å². The SMILES string of the molecule is Cn1c(C2CCN(C(=O)Nc3cccc(C(F)(F)F)c3)C2)nc2ccncc21. The Hall–Kier alpha value is -3.10. The molecule has 1 fully saturated rings. The second-order valence-electron chi connectivity index (χ2n) is 6.83. The topological polar surface area (TPSA) is 63.1 Å². The summed E-state index contributed by atoms with van der Waals surface area (Å²) in [6.07, 6.45) is -0.281. The maximum atomic E-state index is 12.8. The zero-order chi connectivity index (χ0) is 19.9. The van der Waals surface area contributed by atoms with Crippen LogP contribution < -0.4 is 5.32 Å². The highest BCUT2D eigenvalue weighted by Gasteiger charge is 2.32. The lowest BCUT2D eigenvalue weighted by Gasteiger charge is -2.18. The molecular formula is C19H18F3N5O. The van der Waals surface area contributed by atoms with E-state index in [1.807, 2.05) is 17.7 Å². The molecule has 2 amide bonds. The third-order valence-electron chi connectivity index (χ3n) is 5.00. The number of likely N-dealkylation sites (tertiary alicyclic amines) is 1. The quantitative estimate of drug-likeness (QED) is 0.720. The molecule has 2 aromatic heterocycles. The Bertz CT molecular complexity index is 1030. The van der Waals surface area contributed by atoms with E-state index in [-0.39, 0.29) is 11.6 Å². The number of hydrogen-bond donors (Lipinski definition) is 1. The number of fused-ring (bicyclic) bond motifs is 1. The number of urea groups is 1. The second kappa shape index (κ2) is 6.81. The number of hydrogen-bond acceptors (Lipinski definition) is 3. The van der Waals surface area contributed by atoms with Crippen LogP contribution in [-0.4, -0.2) is 38.6 Å². The predicted octanol–water partition coefficient (Wildman–Crippen LogP) is 4.01. The van der Waals surface area contributed by atoms with Gasteiger partial charge in [-0.1, -0.05) is 6.07 Å². The summed E-state index contributed by atoms with van der Waals surface area (Å²) < 4.78 is 40.5. The number of halogens is 3. The number of carbonyl (C=O) groups excluding carboxylic acids is 1. The summed E-state index contributed by atoms with van der Waals surface area (Å²) in [5, 5.41) is 2.56. The molecule has 1 aliphatic heterocycles. The average Bonchev–Trinajstić information content (AvgIpc) is 3.27. The van der Waals surface area contributed by atoms with Gasteiger partial charge in [-0.3, -0.25) is 4.98 Å². The van der Waals surface area contributed by atoms with Crippen LogP contribution in [-0.2, 0) is 13.2 Å². The molecule has 1 atom stereocenters. The molecule has 6 nitrogen and oxygen atoms in total. The predicted molar refractivity (Wildman–Crippen MR) is 97.9 cm³/mol. The zero-order valence-electron chi connectivity index (χ0n) is 15.1. The molecule has 1 unspecified atom stereocenters. The number of aryl methyl sites for hydroxylation is 1. The first-order valence-corrected chi connectivity index (χ1v) is 8.82. The van der Waals surface area contributed by atoms with Gasteiger partial charge in [0.25, 0.3) is 0 Å². The first-order chi connectivity index (χ1) is 13.3. The molecule has 28 heavy (non-hydrogen) atoms. The first kappa shape index (κ1) is 18.3. The monoisotopic (exact) mass is 389 g/mol. The van der Waals surface area contributed by atoms with E-state index in [4.69, 9.17) is 0 Å². The Morgan fingerprint density at radius 3 is 2.86 bits per heavy atom. The summed E-state index contributed by atoms with van der Waals surface area (Å²) in [6.45, 7) is 0.965. The van der Waals surface area contributed by atoms with Crippen molar-refractivity contribution in [2.45, 2.75) is 18.5 Å². The maximum Gasteiger partial charge on any atom is 0.416 e. The summed E-state index contributed by atoms with van der Waals surface area (Å²) in [4.78, 5) is 22.9. The van der Waals surface area contributed by atoms with Crippen molar-refractivity contribution >= 4 is 22.8 Å². The number of benzene rings is 1. The van der Waals surface area contributed by atoms with Crippen LogP contribution in [0.15, 0.2) is 42.7 Å². The fourth-order valence-electron chi connectivity index (χ4n) is 3.55. The molecule has 4 rings (SSSR count). The van der Waals surface area contributed by atoms with Crippen LogP contribution in [0.25, 0.3) is 11.0 Å². The number of carbonyl (C=O) groups is 1. The van der Waals surface area contributed by atoms with Crippen molar-refractivity contribution < 1.29 is 18.0 Å². The second-order valence-corrected chi connectivity index (χ2v) is 6.83. The van der Waals surface area contributed by atoms with Gasteiger partial charge in [-0.25, -0.2) is 9.78 Å². The summed E-state index contributed by atoms with van der Waals surface area (Å²) in [5.74, 6) is 0.932. The fraction of sp³-hybridized carbons (Fsp3) is 0.316. The highest BCUT2D eigenvalue weighted by atomic mass is 19.4. The zero-order valence-corrected chi connectivity index (χ0v) is 15.1. The van der Waals surface area contributed by atoms with E-state index in [1.54, 1.807) is 17.3 Å². The number of imidazole rings is 1. The Labute approximate surface area is 159 Å². The molecule has 1 N–H and O–H groups in total. The summed E-state index contributed by atoms with van der Waals surface area (Å²) in [5.41, 5.74) is 1.10. The number of alkyl halides is 3. The van der Waals surface area contributed by atoms with Crippen LogP contribution in [0.5, 0.6) is 0 Å². The fourth-order valence-corrected chi connectivity index (χ4v) is 3.55. The summed E-state index contributed by atoms with van der Waals surface area (Å²) >= 11 is 0. The molecule has 0 aliphatic carbocycles. The van der Waals surface area contributed by atoms with Crippen molar-refractivity contribution in [1.29, 1.82) is 0 Å². The minimum Gasteiger partial charge on any atom is -0.330 e. The first-order valence-electron chi connectivity index (χ1n) is 8.82. The lowest BCUT2D eigenvalue weighted by atomic mass is 10.1. The highest BCUT2D eigenvalue weighted by Crippen LogP contribution is 2.32. The van der Waals surface area contributed by atoms with E-state index in [0.29, 0.717) is 13.1 Å². The van der Waals surface area contributed by atoms with Crippen LogP contribution in [0.4, 0.5) is 23.7 Å². The molecular weight excluding hydrogens is 371 g/mol. The summed E-state index contributed by atoms with van der Waals surface area (Å²) in [7, 11) is 1.91. The number of nitrogens with one attached hydrogen (secondary N) is 1. The van der Waals surface area contributed by atoms with E-state index >= 15 is 0 Å². The number of rotatable bonds is 2. The van der Waals surface area contributed by atoms with Crippen molar-refractivity contribution in [2.75, 3.05) is 18.4 Å². The van der Waals surface area contributed by atoms with Gasteiger partial charge < -0.3 is 14.8 Å². The molecule has 0 bridgehead atoms. The number of aromatic nitrogens is 3. The molecule has 3 heterocycles. The van der Waals surface area contributed by atoms with Gasteiger partial charge >= 0.3 is 12.2 Å². The van der Waals surface area contributed by atoms with Crippen LogP contribution in [0.1, 0.15) is 23.7 Å². The van der Waals surface area contributed by atoms with Crippen LogP contribution in [0.2, 0.25) is 0 Å². The van der Waals surface area contributed by atoms with E-state index in [0.717, 1.165) is 35.4 Å². The minimum atomic E-state index is -4.45. The van der Waals surface area contributed by atoms with Gasteiger partial charge in [0.15, 0.2) is 0 Å². The van der Waals surface area contributed by atoms with E-state index in [1.165, 1.54) is 12.1 Å². The number of amides is 2.